The largest absolute Gasteiger partial charge is 0.464 e. The molecule has 1 rings (SSSR count). The lowest BCUT2D eigenvalue weighted by atomic mass is 9.93. The zero-order chi connectivity index (χ0) is 15.2. The van der Waals surface area contributed by atoms with E-state index in [-0.39, 0.29) is 11.2 Å². The normalized spacial score (nSPS) is 12.6. The number of thioether (sulfide) groups is 1. The standard InChI is InChI=1S/C14H24F2N2OS/c1-14(2,10-18(3)4)9-17-7-11-5-6-12(19-11)8-20-13(15)16/h5-6,13,17H,7-10H2,1-4H3. The number of furan rings is 1. The summed E-state index contributed by atoms with van der Waals surface area (Å²) in [4.78, 5) is 2.16. The van der Waals surface area contributed by atoms with Crippen molar-refractivity contribution in [1.29, 1.82) is 0 Å². The van der Waals surface area contributed by atoms with Gasteiger partial charge in [-0.3, -0.25) is 0 Å². The molecule has 116 valence electrons. The van der Waals surface area contributed by atoms with Crippen LogP contribution in [0.3, 0.4) is 0 Å². The molecule has 0 aliphatic heterocycles. The van der Waals surface area contributed by atoms with E-state index in [4.69, 9.17) is 4.42 Å². The molecule has 0 aromatic carbocycles. The van der Waals surface area contributed by atoms with Crippen LogP contribution in [0.4, 0.5) is 8.78 Å². The van der Waals surface area contributed by atoms with Gasteiger partial charge in [-0.1, -0.05) is 25.6 Å². The van der Waals surface area contributed by atoms with Gasteiger partial charge in [-0.15, -0.1) is 0 Å². The van der Waals surface area contributed by atoms with Crippen molar-refractivity contribution in [3.8, 4) is 0 Å². The maximum Gasteiger partial charge on any atom is 0.284 e. The monoisotopic (exact) mass is 306 g/mol. The van der Waals surface area contributed by atoms with Crippen LogP contribution < -0.4 is 5.32 Å². The smallest absolute Gasteiger partial charge is 0.284 e. The van der Waals surface area contributed by atoms with Crippen LogP contribution in [0.5, 0.6) is 0 Å². The molecule has 0 fully saturated rings. The molecule has 6 heteroatoms. The zero-order valence-electron chi connectivity index (χ0n) is 12.6. The fourth-order valence-electron chi connectivity index (χ4n) is 2.18. The van der Waals surface area contributed by atoms with Gasteiger partial charge in [-0.05, 0) is 31.6 Å². The van der Waals surface area contributed by atoms with Crippen molar-refractivity contribution in [2.45, 2.75) is 31.9 Å². The van der Waals surface area contributed by atoms with Crippen LogP contribution in [-0.2, 0) is 12.3 Å². The van der Waals surface area contributed by atoms with Gasteiger partial charge in [0.15, 0.2) is 0 Å². The lowest BCUT2D eigenvalue weighted by Gasteiger charge is -2.28. The average molecular weight is 306 g/mol. The first-order chi connectivity index (χ1) is 9.28. The summed E-state index contributed by atoms with van der Waals surface area (Å²) in [6.07, 6.45) is 0. The van der Waals surface area contributed by atoms with Gasteiger partial charge in [0.1, 0.15) is 11.5 Å². The van der Waals surface area contributed by atoms with Crippen molar-refractivity contribution < 1.29 is 13.2 Å². The predicted molar refractivity (Wildman–Crippen MR) is 80.0 cm³/mol. The molecule has 1 aromatic rings. The molecule has 0 atom stereocenters. The molecule has 1 N–H and O–H groups in total. The van der Waals surface area contributed by atoms with Gasteiger partial charge in [0, 0.05) is 13.1 Å². The highest BCUT2D eigenvalue weighted by Gasteiger charge is 2.18. The minimum Gasteiger partial charge on any atom is -0.464 e. The molecule has 0 saturated carbocycles. The summed E-state index contributed by atoms with van der Waals surface area (Å²) >= 11 is 0.580. The van der Waals surface area contributed by atoms with Gasteiger partial charge in [0.05, 0.1) is 12.3 Å². The highest BCUT2D eigenvalue weighted by atomic mass is 32.2. The second-order valence-corrected chi connectivity index (χ2v) is 6.92. The van der Waals surface area contributed by atoms with E-state index >= 15 is 0 Å². The molecule has 0 aliphatic rings. The van der Waals surface area contributed by atoms with Gasteiger partial charge >= 0.3 is 0 Å². The first kappa shape index (κ1) is 17.5. The number of halogens is 2. The van der Waals surface area contributed by atoms with Gasteiger partial charge in [-0.25, -0.2) is 0 Å². The first-order valence-corrected chi connectivity index (χ1v) is 7.66. The summed E-state index contributed by atoms with van der Waals surface area (Å²) in [7, 11) is 4.11. The Kier molecular flexibility index (Phi) is 6.99. The molecular weight excluding hydrogens is 282 g/mol. The number of hydrogen-bond acceptors (Lipinski definition) is 4. The number of nitrogens with one attached hydrogen (secondary N) is 1. The molecule has 0 spiro atoms. The summed E-state index contributed by atoms with van der Waals surface area (Å²) in [5.41, 5.74) is 0.171. The maximum atomic E-state index is 12.1. The zero-order valence-corrected chi connectivity index (χ0v) is 13.4. The minimum atomic E-state index is -2.35. The first-order valence-electron chi connectivity index (χ1n) is 6.61. The Labute approximate surface area is 124 Å². The third-order valence-electron chi connectivity index (χ3n) is 2.72. The second kappa shape index (κ2) is 8.00. The average Bonchev–Trinajstić information content (AvgIpc) is 2.72. The molecule has 0 aliphatic carbocycles. The van der Waals surface area contributed by atoms with E-state index in [0.717, 1.165) is 18.8 Å². The Morgan fingerprint density at radius 3 is 2.55 bits per heavy atom. The summed E-state index contributed by atoms with van der Waals surface area (Å²) in [6, 6.07) is 3.60. The highest BCUT2D eigenvalue weighted by Crippen LogP contribution is 2.21. The fourth-order valence-corrected chi connectivity index (χ4v) is 2.62. The van der Waals surface area contributed by atoms with Crippen LogP contribution in [-0.4, -0.2) is 37.8 Å². The predicted octanol–water partition coefficient (Wildman–Crippen LogP) is 3.41. The van der Waals surface area contributed by atoms with Gasteiger partial charge in [0.2, 0.25) is 0 Å². The molecule has 3 nitrogen and oxygen atoms in total. The van der Waals surface area contributed by atoms with Crippen molar-refractivity contribution >= 4 is 11.8 Å². The Morgan fingerprint density at radius 1 is 1.30 bits per heavy atom. The number of nitrogens with zero attached hydrogens (tertiary/aromatic N) is 1. The van der Waals surface area contributed by atoms with E-state index < -0.39 is 5.76 Å². The van der Waals surface area contributed by atoms with Crippen LogP contribution in [0.2, 0.25) is 0 Å². The van der Waals surface area contributed by atoms with Gasteiger partial charge in [0.25, 0.3) is 5.76 Å². The van der Waals surface area contributed by atoms with E-state index in [9.17, 15) is 8.78 Å². The van der Waals surface area contributed by atoms with Crippen molar-refractivity contribution in [1.82, 2.24) is 10.2 Å². The SMILES string of the molecule is CN(C)CC(C)(C)CNCc1ccc(CSC(F)F)o1. The Morgan fingerprint density at radius 2 is 1.95 bits per heavy atom. The Bertz CT molecular complexity index is 394. The molecule has 0 bridgehead atoms. The topological polar surface area (TPSA) is 28.4 Å². The van der Waals surface area contributed by atoms with Crippen LogP contribution in [0.1, 0.15) is 25.4 Å². The van der Waals surface area contributed by atoms with E-state index in [1.54, 1.807) is 6.07 Å². The third kappa shape index (κ3) is 7.26. The van der Waals surface area contributed by atoms with Crippen LogP contribution in [0, 0.1) is 5.41 Å². The van der Waals surface area contributed by atoms with Crippen LogP contribution in [0.25, 0.3) is 0 Å². The lowest BCUT2D eigenvalue weighted by Crippen LogP contribution is -2.37. The van der Waals surface area contributed by atoms with Crippen molar-refractivity contribution in [2.24, 2.45) is 5.41 Å². The Balaban J connectivity index is 2.32. The molecular formula is C14H24F2N2OS. The fraction of sp³-hybridized carbons (Fsp3) is 0.714. The molecule has 20 heavy (non-hydrogen) atoms. The van der Waals surface area contributed by atoms with Crippen molar-refractivity contribution in [2.75, 3.05) is 27.2 Å². The third-order valence-corrected chi connectivity index (χ3v) is 3.42. The summed E-state index contributed by atoms with van der Waals surface area (Å²) in [5, 5.41) is 3.35. The van der Waals surface area contributed by atoms with Gasteiger partial charge in [-0.2, -0.15) is 8.78 Å². The number of alkyl halides is 2. The summed E-state index contributed by atoms with van der Waals surface area (Å²) in [5.74, 6) is -0.757. The van der Waals surface area contributed by atoms with E-state index in [0.29, 0.717) is 24.1 Å². The van der Waals surface area contributed by atoms with E-state index in [1.165, 1.54) is 0 Å². The summed E-state index contributed by atoms with van der Waals surface area (Å²) in [6.45, 7) is 6.89. The highest BCUT2D eigenvalue weighted by molar-refractivity contribution is 7.98. The molecule has 1 aromatic heterocycles. The van der Waals surface area contributed by atoms with Crippen molar-refractivity contribution in [3.63, 3.8) is 0 Å². The molecule has 1 heterocycles. The quantitative estimate of drug-likeness (QED) is 0.757. The van der Waals surface area contributed by atoms with Crippen LogP contribution in [0.15, 0.2) is 16.5 Å². The minimum absolute atomic E-state index is 0.171. The molecule has 0 radical (unpaired) electrons. The maximum absolute atomic E-state index is 12.1. The van der Waals surface area contributed by atoms with Gasteiger partial charge < -0.3 is 14.6 Å². The number of hydrogen-bond donors (Lipinski definition) is 1. The van der Waals surface area contributed by atoms with Crippen LogP contribution >= 0.6 is 11.8 Å². The second-order valence-electron chi connectivity index (χ2n) is 5.95. The van der Waals surface area contributed by atoms with Crippen molar-refractivity contribution in [3.05, 3.63) is 23.7 Å². The summed E-state index contributed by atoms with van der Waals surface area (Å²) < 4.78 is 29.6. The lowest BCUT2D eigenvalue weighted by molar-refractivity contribution is 0.230. The molecule has 0 unspecified atom stereocenters. The Hall–Kier alpha value is -0.590. The van der Waals surface area contributed by atoms with E-state index in [1.807, 2.05) is 6.07 Å². The molecule has 0 amide bonds. The van der Waals surface area contributed by atoms with E-state index in [2.05, 4.69) is 38.2 Å². The number of rotatable bonds is 9. The molecule has 0 saturated heterocycles.